The van der Waals surface area contributed by atoms with E-state index >= 15 is 0 Å². The molecule has 92 valence electrons. The molecule has 1 aromatic heterocycles. The van der Waals surface area contributed by atoms with Gasteiger partial charge in [0.2, 0.25) is 0 Å². The molecule has 0 aliphatic carbocycles. The lowest BCUT2D eigenvalue weighted by Crippen LogP contribution is -2.25. The molecule has 0 spiro atoms. The summed E-state index contributed by atoms with van der Waals surface area (Å²) >= 11 is 1.67. The summed E-state index contributed by atoms with van der Waals surface area (Å²) in [5.41, 5.74) is 0.782. The van der Waals surface area contributed by atoms with Crippen LogP contribution >= 0.6 is 11.3 Å². The van der Waals surface area contributed by atoms with Crippen LogP contribution in [0.4, 0.5) is 0 Å². The first-order valence-electron chi connectivity index (χ1n) is 6.22. The Morgan fingerprint density at radius 2 is 2.53 bits per heavy atom. The number of nitrogens with one attached hydrogen (secondary N) is 1. The van der Waals surface area contributed by atoms with Gasteiger partial charge in [0.1, 0.15) is 6.07 Å². The van der Waals surface area contributed by atoms with Gasteiger partial charge < -0.3 is 10.2 Å². The molecule has 0 saturated carbocycles. The monoisotopic (exact) mass is 249 g/mol. The van der Waals surface area contributed by atoms with Crippen molar-refractivity contribution in [3.8, 4) is 6.07 Å². The van der Waals surface area contributed by atoms with Crippen LogP contribution in [0.1, 0.15) is 23.8 Å². The van der Waals surface area contributed by atoms with Crippen molar-refractivity contribution in [2.24, 2.45) is 5.92 Å². The van der Waals surface area contributed by atoms with Gasteiger partial charge in [-0.05, 0) is 38.0 Å². The normalized spacial score (nSPS) is 20.6. The van der Waals surface area contributed by atoms with Crippen molar-refractivity contribution in [2.75, 3.05) is 26.2 Å². The number of thiophene rings is 1. The third-order valence-electron chi connectivity index (χ3n) is 3.33. The molecule has 0 bridgehead atoms. The first-order valence-corrected chi connectivity index (χ1v) is 7.10. The van der Waals surface area contributed by atoms with Crippen LogP contribution < -0.4 is 5.32 Å². The second-order valence-corrected chi connectivity index (χ2v) is 5.59. The lowest BCUT2D eigenvalue weighted by Gasteiger charge is -2.13. The number of likely N-dealkylation sites (tertiary alicyclic amines) is 1. The molecule has 1 unspecified atom stereocenters. The summed E-state index contributed by atoms with van der Waals surface area (Å²) in [6.45, 7) is 7.88. The van der Waals surface area contributed by atoms with Crippen LogP contribution in [0.25, 0.3) is 0 Å². The van der Waals surface area contributed by atoms with E-state index in [-0.39, 0.29) is 0 Å². The Bertz CT molecular complexity index is 394. The van der Waals surface area contributed by atoms with Gasteiger partial charge in [0.05, 0.1) is 5.56 Å². The molecule has 3 nitrogen and oxygen atoms in total. The molecule has 1 atom stereocenters. The van der Waals surface area contributed by atoms with Crippen molar-refractivity contribution < 1.29 is 0 Å². The van der Waals surface area contributed by atoms with Gasteiger partial charge in [-0.2, -0.15) is 5.26 Å². The van der Waals surface area contributed by atoms with Crippen molar-refractivity contribution in [3.05, 3.63) is 21.9 Å². The topological polar surface area (TPSA) is 39.1 Å². The summed E-state index contributed by atoms with van der Waals surface area (Å²) in [5, 5.41) is 14.2. The summed E-state index contributed by atoms with van der Waals surface area (Å²) in [4.78, 5) is 3.76. The van der Waals surface area contributed by atoms with E-state index < -0.39 is 0 Å². The molecule has 0 amide bonds. The smallest absolute Gasteiger partial charge is 0.100 e. The highest BCUT2D eigenvalue weighted by Gasteiger charge is 2.20. The minimum atomic E-state index is 0.782. The molecule has 0 aromatic carbocycles. The van der Waals surface area contributed by atoms with E-state index in [0.717, 1.165) is 24.6 Å². The van der Waals surface area contributed by atoms with E-state index in [9.17, 15) is 0 Å². The van der Waals surface area contributed by atoms with Crippen molar-refractivity contribution in [1.82, 2.24) is 10.2 Å². The van der Waals surface area contributed by atoms with Gasteiger partial charge in [0, 0.05) is 23.3 Å². The highest BCUT2D eigenvalue weighted by molar-refractivity contribution is 7.10. The predicted octanol–water partition coefficient (Wildman–Crippen LogP) is 2.05. The van der Waals surface area contributed by atoms with Gasteiger partial charge in [0.15, 0.2) is 0 Å². The maximum Gasteiger partial charge on any atom is 0.100 e. The van der Waals surface area contributed by atoms with E-state index in [4.69, 9.17) is 5.26 Å². The van der Waals surface area contributed by atoms with Gasteiger partial charge in [-0.1, -0.05) is 6.92 Å². The van der Waals surface area contributed by atoms with Crippen molar-refractivity contribution in [2.45, 2.75) is 19.9 Å². The standard InChI is InChI=1S/C13H19N3S/c1-2-16-4-3-11(9-16)7-15-8-13-5-12(6-14)10-17-13/h5,10-11,15H,2-4,7-9H2,1H3. The molecule has 2 rings (SSSR count). The van der Waals surface area contributed by atoms with E-state index in [1.54, 1.807) is 11.3 Å². The number of hydrogen-bond acceptors (Lipinski definition) is 4. The maximum atomic E-state index is 8.74. The first-order chi connectivity index (χ1) is 8.31. The molecular formula is C13H19N3S. The summed E-state index contributed by atoms with van der Waals surface area (Å²) in [7, 11) is 0. The van der Waals surface area contributed by atoms with Crippen LogP contribution in [0.2, 0.25) is 0 Å². The average Bonchev–Trinajstić information content (AvgIpc) is 2.97. The van der Waals surface area contributed by atoms with E-state index in [0.29, 0.717) is 0 Å². The summed E-state index contributed by atoms with van der Waals surface area (Å²) in [5.74, 6) is 0.797. The molecular weight excluding hydrogens is 230 g/mol. The Kier molecular flexibility index (Phi) is 4.55. The van der Waals surface area contributed by atoms with E-state index in [1.807, 2.05) is 11.4 Å². The Labute approximate surface area is 107 Å². The SMILES string of the molecule is CCN1CCC(CNCc2cc(C#N)cs2)C1. The molecule has 1 aliphatic heterocycles. The molecule has 1 N–H and O–H groups in total. The average molecular weight is 249 g/mol. The quantitative estimate of drug-likeness (QED) is 0.868. The van der Waals surface area contributed by atoms with Crippen molar-refractivity contribution in [3.63, 3.8) is 0 Å². The third-order valence-corrected chi connectivity index (χ3v) is 4.27. The molecule has 4 heteroatoms. The molecule has 1 saturated heterocycles. The largest absolute Gasteiger partial charge is 0.312 e. The van der Waals surface area contributed by atoms with Crippen LogP contribution in [0.5, 0.6) is 0 Å². The summed E-state index contributed by atoms with van der Waals surface area (Å²) in [6.07, 6.45) is 1.31. The zero-order valence-electron chi connectivity index (χ0n) is 10.3. The number of nitrogens with zero attached hydrogens (tertiary/aromatic N) is 2. The van der Waals surface area contributed by atoms with Crippen LogP contribution in [0.15, 0.2) is 11.4 Å². The summed E-state index contributed by atoms with van der Waals surface area (Å²) in [6, 6.07) is 4.15. The lowest BCUT2D eigenvalue weighted by molar-refractivity contribution is 0.339. The molecule has 2 heterocycles. The minimum Gasteiger partial charge on any atom is -0.312 e. The second-order valence-electron chi connectivity index (χ2n) is 4.59. The lowest BCUT2D eigenvalue weighted by atomic mass is 10.1. The molecule has 17 heavy (non-hydrogen) atoms. The van der Waals surface area contributed by atoms with E-state index in [2.05, 4.69) is 23.2 Å². The Morgan fingerprint density at radius 1 is 1.65 bits per heavy atom. The third kappa shape index (κ3) is 3.53. The van der Waals surface area contributed by atoms with Gasteiger partial charge in [0.25, 0.3) is 0 Å². The number of rotatable bonds is 5. The molecule has 1 aromatic rings. The highest BCUT2D eigenvalue weighted by atomic mass is 32.1. The fourth-order valence-electron chi connectivity index (χ4n) is 2.30. The first kappa shape index (κ1) is 12.6. The summed E-state index contributed by atoms with van der Waals surface area (Å²) < 4.78 is 0. The van der Waals surface area contributed by atoms with Crippen LogP contribution in [0.3, 0.4) is 0 Å². The fourth-order valence-corrected chi connectivity index (χ4v) is 3.08. The minimum absolute atomic E-state index is 0.782. The van der Waals surface area contributed by atoms with Gasteiger partial charge in [-0.3, -0.25) is 0 Å². The Hall–Kier alpha value is -0.890. The predicted molar refractivity (Wildman–Crippen MR) is 71.0 cm³/mol. The second kappa shape index (κ2) is 6.15. The highest BCUT2D eigenvalue weighted by Crippen LogP contribution is 2.16. The number of nitriles is 1. The van der Waals surface area contributed by atoms with Gasteiger partial charge in [-0.15, -0.1) is 11.3 Å². The zero-order chi connectivity index (χ0) is 12.1. The maximum absolute atomic E-state index is 8.74. The van der Waals surface area contributed by atoms with Crippen molar-refractivity contribution in [1.29, 1.82) is 5.26 Å². The van der Waals surface area contributed by atoms with Crippen molar-refractivity contribution >= 4 is 11.3 Å². The molecule has 1 fully saturated rings. The molecule has 1 aliphatic rings. The van der Waals surface area contributed by atoms with Gasteiger partial charge in [-0.25, -0.2) is 0 Å². The van der Waals surface area contributed by atoms with Crippen LogP contribution in [0, 0.1) is 17.2 Å². The molecule has 0 radical (unpaired) electrons. The van der Waals surface area contributed by atoms with Crippen LogP contribution in [-0.4, -0.2) is 31.1 Å². The van der Waals surface area contributed by atoms with E-state index in [1.165, 1.54) is 30.9 Å². The number of hydrogen-bond donors (Lipinski definition) is 1. The van der Waals surface area contributed by atoms with Gasteiger partial charge >= 0.3 is 0 Å². The fraction of sp³-hybridized carbons (Fsp3) is 0.615. The Morgan fingerprint density at radius 3 is 3.18 bits per heavy atom. The van der Waals surface area contributed by atoms with Crippen LogP contribution in [-0.2, 0) is 6.54 Å². The zero-order valence-corrected chi connectivity index (χ0v) is 11.1. The Balaban J connectivity index is 1.68.